The second-order valence-electron chi connectivity index (χ2n) is 6.13. The lowest BCUT2D eigenvalue weighted by molar-refractivity contribution is -0.459. The van der Waals surface area contributed by atoms with Gasteiger partial charge >= 0.3 is 12.2 Å². The molecule has 0 aliphatic heterocycles. The van der Waals surface area contributed by atoms with Crippen LogP contribution in [0.2, 0.25) is 5.02 Å². The van der Waals surface area contributed by atoms with Crippen LogP contribution < -0.4 is 15.4 Å². The molecule has 0 unspecified atom stereocenters. The number of nitrogens with one attached hydrogen (secondary N) is 1. The third kappa shape index (κ3) is 5.69. The van der Waals surface area contributed by atoms with Crippen LogP contribution in [0.5, 0.6) is 11.5 Å². The van der Waals surface area contributed by atoms with E-state index in [-0.39, 0.29) is 5.69 Å². The van der Waals surface area contributed by atoms with E-state index in [1.807, 2.05) is 6.92 Å². The quantitative estimate of drug-likeness (QED) is 0.562. The zero-order valence-electron chi connectivity index (χ0n) is 15.1. The summed E-state index contributed by atoms with van der Waals surface area (Å²) in [6.45, 7) is 1.85. The Kier molecular flexibility index (Phi) is 6.05. The number of quaternary nitrogens is 1. The van der Waals surface area contributed by atoms with Gasteiger partial charge in [0.2, 0.25) is 0 Å². The van der Waals surface area contributed by atoms with Gasteiger partial charge in [0, 0.05) is 35.8 Å². The van der Waals surface area contributed by atoms with E-state index < -0.39 is 22.8 Å². The molecule has 3 N–H and O–H groups in total. The van der Waals surface area contributed by atoms with Crippen molar-refractivity contribution in [3.63, 3.8) is 0 Å². The van der Waals surface area contributed by atoms with Gasteiger partial charge in [-0.1, -0.05) is 11.6 Å². The number of urea groups is 1. The number of carbonyl (C=O) groups excluding carboxylic acids is 1. The molecule has 5 nitrogen and oxygen atoms in total. The number of alkyl halides is 3. The fraction of sp³-hybridized carbons (Fsp3) is 0.100. The number of nitrogens with zero attached hydrogens (tertiary/aromatic N) is 1. The molecule has 0 spiro atoms. The number of aromatic nitrogens is 1. The van der Waals surface area contributed by atoms with Crippen LogP contribution in [-0.4, -0.2) is 11.0 Å². The lowest BCUT2D eigenvalue weighted by Crippen LogP contribution is -2.83. The van der Waals surface area contributed by atoms with Crippen LogP contribution in [0.4, 0.5) is 29.3 Å². The summed E-state index contributed by atoms with van der Waals surface area (Å²) in [5, 5.41) is 3.23. The van der Waals surface area contributed by atoms with E-state index in [2.05, 4.69) is 10.3 Å². The van der Waals surface area contributed by atoms with Crippen molar-refractivity contribution in [2.45, 2.75) is 13.1 Å². The van der Waals surface area contributed by atoms with Crippen LogP contribution in [0.25, 0.3) is 0 Å². The van der Waals surface area contributed by atoms with E-state index in [4.69, 9.17) is 16.3 Å². The first-order valence-electron chi connectivity index (χ1n) is 8.44. The molecule has 2 amide bonds. The lowest BCUT2D eigenvalue weighted by Gasteiger charge is -2.10. The van der Waals surface area contributed by atoms with Crippen LogP contribution >= 0.6 is 11.6 Å². The summed E-state index contributed by atoms with van der Waals surface area (Å²) in [6, 6.07) is 12.8. The van der Waals surface area contributed by atoms with Gasteiger partial charge in [-0.25, -0.2) is 10.1 Å². The number of anilines is 1. The Morgan fingerprint density at radius 2 is 1.79 bits per heavy atom. The standard InChI is InChI=1S/C20H15ClF3N3O2/c1-12-10-16(8-9-25-12)29-15-5-2-13(3-6-15)26-19(28)27-14-4-7-18(21)17(11-14)20(22,23)24/h2-11H,1H3,(H2,26,27,28)/p+1. The van der Waals surface area contributed by atoms with Gasteiger partial charge in [-0.2, -0.15) is 13.2 Å². The fourth-order valence-electron chi connectivity index (χ4n) is 2.51. The monoisotopic (exact) mass is 422 g/mol. The first-order valence-corrected chi connectivity index (χ1v) is 8.81. The number of benzene rings is 2. The zero-order chi connectivity index (χ0) is 21.0. The molecular formula is C20H16ClF3N3O2+. The summed E-state index contributed by atoms with van der Waals surface area (Å²) in [6.07, 6.45) is -2.96. The molecule has 0 bridgehead atoms. The SMILES string of the molecule is Cc1cc(Oc2ccc(NC(=O)[NH2+]c3ccc(Cl)c(C(F)(F)F)c3)cc2)ccn1. The van der Waals surface area contributed by atoms with Gasteiger partial charge in [0.1, 0.15) is 17.2 Å². The number of rotatable bonds is 4. The van der Waals surface area contributed by atoms with E-state index in [1.54, 1.807) is 42.6 Å². The Labute approximate surface area is 169 Å². The maximum Gasteiger partial charge on any atom is 0.422 e. The molecule has 150 valence electrons. The van der Waals surface area contributed by atoms with Crippen molar-refractivity contribution in [2.24, 2.45) is 0 Å². The molecule has 0 aliphatic carbocycles. The van der Waals surface area contributed by atoms with Gasteiger partial charge in [-0.15, -0.1) is 0 Å². The summed E-state index contributed by atoms with van der Waals surface area (Å²) in [5.41, 5.74) is 0.383. The zero-order valence-corrected chi connectivity index (χ0v) is 15.9. The van der Waals surface area contributed by atoms with E-state index in [9.17, 15) is 18.0 Å². The van der Waals surface area contributed by atoms with Gasteiger partial charge < -0.3 is 4.74 Å². The highest BCUT2D eigenvalue weighted by Crippen LogP contribution is 2.35. The second kappa shape index (κ2) is 8.50. The number of amides is 2. The minimum atomic E-state index is -4.60. The van der Waals surface area contributed by atoms with Crippen molar-refractivity contribution in [2.75, 3.05) is 5.32 Å². The topological polar surface area (TPSA) is 67.8 Å². The van der Waals surface area contributed by atoms with E-state index >= 15 is 0 Å². The molecule has 1 aromatic heterocycles. The van der Waals surface area contributed by atoms with Gasteiger partial charge in [0.25, 0.3) is 0 Å². The van der Waals surface area contributed by atoms with Crippen molar-refractivity contribution in [1.29, 1.82) is 0 Å². The Bertz CT molecular complexity index is 1020. The van der Waals surface area contributed by atoms with E-state index in [1.165, 1.54) is 6.07 Å². The maximum absolute atomic E-state index is 12.9. The molecular weight excluding hydrogens is 407 g/mol. The highest BCUT2D eigenvalue weighted by Gasteiger charge is 2.34. The van der Waals surface area contributed by atoms with Crippen LogP contribution in [-0.2, 0) is 6.18 Å². The minimum absolute atomic E-state index is 0.0900. The number of nitrogens with two attached hydrogens (primary N) is 1. The van der Waals surface area contributed by atoms with Crippen LogP contribution in [0.3, 0.4) is 0 Å². The predicted molar refractivity (Wildman–Crippen MR) is 103 cm³/mol. The number of hydrogen-bond donors (Lipinski definition) is 2. The molecule has 9 heteroatoms. The predicted octanol–water partition coefficient (Wildman–Crippen LogP) is 5.28. The molecule has 0 saturated carbocycles. The molecule has 0 radical (unpaired) electrons. The molecule has 3 rings (SSSR count). The summed E-state index contributed by atoms with van der Waals surface area (Å²) in [7, 11) is 0. The van der Waals surface area contributed by atoms with Gasteiger partial charge in [-0.3, -0.25) is 10.3 Å². The summed E-state index contributed by atoms with van der Waals surface area (Å²) >= 11 is 5.58. The molecule has 3 aromatic rings. The number of halogens is 4. The normalized spacial score (nSPS) is 11.2. The van der Waals surface area contributed by atoms with Crippen molar-refractivity contribution < 1.29 is 28.0 Å². The summed E-state index contributed by atoms with van der Waals surface area (Å²) < 4.78 is 44.4. The molecule has 0 atom stereocenters. The Hall–Kier alpha value is -3.10. The average molecular weight is 423 g/mol. The molecule has 0 fully saturated rings. The molecule has 29 heavy (non-hydrogen) atoms. The summed E-state index contributed by atoms with van der Waals surface area (Å²) in [5.74, 6) is 1.19. The Morgan fingerprint density at radius 1 is 1.07 bits per heavy atom. The van der Waals surface area contributed by atoms with Crippen molar-refractivity contribution in [1.82, 2.24) is 4.98 Å². The number of primary amides is 1. The highest BCUT2D eigenvalue weighted by atomic mass is 35.5. The number of pyridine rings is 1. The Balaban J connectivity index is 1.62. The Morgan fingerprint density at radius 3 is 2.45 bits per heavy atom. The third-order valence-electron chi connectivity index (χ3n) is 3.82. The van der Waals surface area contributed by atoms with Crippen LogP contribution in [0.1, 0.15) is 11.3 Å². The van der Waals surface area contributed by atoms with Crippen LogP contribution in [0.15, 0.2) is 60.8 Å². The van der Waals surface area contributed by atoms with Gasteiger partial charge in [0.05, 0.1) is 10.6 Å². The average Bonchev–Trinajstić information content (AvgIpc) is 2.64. The molecule has 0 aliphatic rings. The second-order valence-corrected chi connectivity index (χ2v) is 6.54. The number of ether oxygens (including phenoxy) is 1. The summed E-state index contributed by atoms with van der Waals surface area (Å²) in [4.78, 5) is 16.2. The molecule has 0 saturated heterocycles. The first-order chi connectivity index (χ1) is 13.7. The number of hydrogen-bond acceptors (Lipinski definition) is 3. The fourth-order valence-corrected chi connectivity index (χ4v) is 2.73. The van der Waals surface area contributed by atoms with Crippen LogP contribution in [0, 0.1) is 6.92 Å². The highest BCUT2D eigenvalue weighted by molar-refractivity contribution is 6.31. The van der Waals surface area contributed by atoms with Crippen molar-refractivity contribution >= 4 is 29.0 Å². The smallest absolute Gasteiger partial charge is 0.422 e. The number of carbonyl (C=O) groups is 1. The van der Waals surface area contributed by atoms with Crippen molar-refractivity contribution in [3.8, 4) is 11.5 Å². The first kappa shape index (κ1) is 20.6. The van der Waals surface area contributed by atoms with E-state index in [0.29, 0.717) is 17.2 Å². The number of aryl methyl sites for hydroxylation is 1. The lowest BCUT2D eigenvalue weighted by atomic mass is 10.2. The largest absolute Gasteiger partial charge is 0.457 e. The molecule has 2 aromatic carbocycles. The minimum Gasteiger partial charge on any atom is -0.457 e. The molecule has 1 heterocycles. The van der Waals surface area contributed by atoms with E-state index in [0.717, 1.165) is 23.1 Å². The third-order valence-corrected chi connectivity index (χ3v) is 4.15. The van der Waals surface area contributed by atoms with Crippen molar-refractivity contribution in [3.05, 3.63) is 77.1 Å². The van der Waals surface area contributed by atoms with Gasteiger partial charge in [0.15, 0.2) is 0 Å². The van der Waals surface area contributed by atoms with Gasteiger partial charge in [-0.05, 0) is 43.3 Å². The maximum atomic E-state index is 12.9.